The van der Waals surface area contributed by atoms with Crippen molar-refractivity contribution in [1.29, 1.82) is 0 Å². The second-order valence-corrected chi connectivity index (χ2v) is 3.67. The van der Waals surface area contributed by atoms with E-state index < -0.39 is 0 Å². The fourth-order valence-corrected chi connectivity index (χ4v) is 0. The molecule has 0 amide bonds. The summed E-state index contributed by atoms with van der Waals surface area (Å²) >= 11 is 0. The summed E-state index contributed by atoms with van der Waals surface area (Å²) in [6.07, 6.45) is 1.95. The molecule has 0 atom stereocenters. The summed E-state index contributed by atoms with van der Waals surface area (Å²) in [7, 11) is 3.97. The number of hydrogen-bond donors (Lipinski definition) is 0. The Labute approximate surface area is 30.9 Å². The zero-order chi connectivity index (χ0) is 3.58. The van der Waals surface area contributed by atoms with Crippen molar-refractivity contribution in [3.05, 3.63) is 0 Å². The van der Waals surface area contributed by atoms with Crippen LogP contribution in [-0.4, -0.2) is 13.0 Å². The van der Waals surface area contributed by atoms with E-state index in [4.69, 9.17) is 0 Å². The zero-order valence-electron chi connectivity index (χ0n) is 2.56. The average Bonchev–Trinajstić information content (AvgIpc) is 0.811. The summed E-state index contributed by atoms with van der Waals surface area (Å²) < 4.78 is 0. The maximum atomic E-state index is 3.88. The van der Waals surface area contributed by atoms with Gasteiger partial charge in [-0.25, -0.2) is 0 Å². The van der Waals surface area contributed by atoms with Crippen molar-refractivity contribution in [3.8, 4) is 0 Å². The van der Waals surface area contributed by atoms with Crippen molar-refractivity contribution in [3.63, 3.8) is 0 Å². The summed E-state index contributed by atoms with van der Waals surface area (Å²) in [5.41, 5.74) is 0. The van der Waals surface area contributed by atoms with E-state index in [0.717, 1.165) is 0 Å². The standard InChI is InChI=1S/CH4BPS/c1-4(2)3/h2H,1H3. The van der Waals surface area contributed by atoms with Crippen molar-refractivity contribution < 1.29 is 0 Å². The Morgan fingerprint density at radius 1 is 2.00 bits per heavy atom. The molecule has 0 bridgehead atoms. The molecule has 0 aromatic carbocycles. The van der Waals surface area contributed by atoms with Gasteiger partial charge in [-0.2, -0.15) is 0 Å². The third kappa shape index (κ3) is 15.6. The summed E-state index contributed by atoms with van der Waals surface area (Å²) in [5.74, 6) is 0. The molecular weight excluding hydrogens is 85.9 g/mol. The van der Waals surface area contributed by atoms with Gasteiger partial charge in [-0.05, 0) is 0 Å². The summed E-state index contributed by atoms with van der Waals surface area (Å²) in [6, 6.07) is 0. The molecule has 0 aromatic heterocycles. The first kappa shape index (κ1) is 4.71. The molecule has 0 N–H and O–H groups in total. The van der Waals surface area contributed by atoms with E-state index in [1.54, 1.807) is 0 Å². The molecule has 0 unspecified atom stereocenters. The van der Waals surface area contributed by atoms with E-state index in [2.05, 4.69) is 14.5 Å². The minimum absolute atomic E-state index is 0.0833. The van der Waals surface area contributed by atoms with Gasteiger partial charge in [0.15, 0.2) is 0 Å². The Kier molecular flexibility index (Phi) is 2.34. The topological polar surface area (TPSA) is 0 Å². The van der Waals surface area contributed by atoms with E-state index >= 15 is 0 Å². The van der Waals surface area contributed by atoms with Crippen LogP contribution in [0.25, 0.3) is 0 Å². The third-order valence-electron chi connectivity index (χ3n) is 0. The Balaban J connectivity index is 3.85. The van der Waals surface area contributed by atoms with Crippen LogP contribution >= 0.6 is 17.1 Å². The molecule has 0 heterocycles. The van der Waals surface area contributed by atoms with Gasteiger partial charge in [0, 0.05) is 0 Å². The minimum atomic E-state index is 0.0833. The Bertz CT molecular complexity index is 98.2. The second-order valence-electron chi connectivity index (χ2n) is 0.600. The van der Waals surface area contributed by atoms with Crippen LogP contribution in [0.15, 0.2) is 0 Å². The van der Waals surface area contributed by atoms with Gasteiger partial charge in [0.1, 0.15) is 0 Å². The van der Waals surface area contributed by atoms with Crippen LogP contribution in [0.3, 0.4) is 0 Å². The fraction of sp³-hybridized carbons (Fsp3) is 1.00. The van der Waals surface area contributed by atoms with Crippen LogP contribution in [-0.2, 0) is 0 Å². The van der Waals surface area contributed by atoms with Crippen LogP contribution in [0, 0.1) is 0 Å². The van der Waals surface area contributed by atoms with Crippen LogP contribution in [0.1, 0.15) is 0 Å². The summed E-state index contributed by atoms with van der Waals surface area (Å²) in [6.45, 7) is 3.53. The summed E-state index contributed by atoms with van der Waals surface area (Å²) in [5, 5.41) is 0. The molecule has 0 saturated carbocycles. The Morgan fingerprint density at radius 2 is 2.00 bits per heavy atom. The molecule has 0 aliphatic heterocycles. The van der Waals surface area contributed by atoms with E-state index in [1.807, 2.05) is 6.26 Å². The molecule has 0 aromatic rings. The van der Waals surface area contributed by atoms with E-state index in [9.17, 15) is 0 Å². The van der Waals surface area contributed by atoms with Gasteiger partial charge in [0.2, 0.25) is 0 Å². The molecule has 3 heteroatoms. The molecule has 0 rings (SSSR count). The van der Waals surface area contributed by atoms with E-state index in [1.165, 1.54) is 0 Å². The van der Waals surface area contributed by atoms with E-state index in [-0.39, 0.29) is 9.30 Å². The first-order valence-electron chi connectivity index (χ1n) is 0.879. The molecule has 0 nitrogen and oxygen atoms in total. The monoisotopic (exact) mass is 90.0 g/mol. The van der Waals surface area contributed by atoms with Crippen molar-refractivity contribution in [2.45, 2.75) is 0 Å². The molecule has 0 fully saturated rings. The van der Waals surface area contributed by atoms with Crippen molar-refractivity contribution in [2.24, 2.45) is 0 Å². The molecule has 0 aliphatic rings. The van der Waals surface area contributed by atoms with Crippen molar-refractivity contribution in [1.82, 2.24) is 0 Å². The van der Waals surface area contributed by atoms with Gasteiger partial charge in [-0.3, -0.25) is 0 Å². The van der Waals surface area contributed by atoms with Crippen LogP contribution < -0.4 is 0 Å². The molecule has 0 radical (unpaired) electrons. The third-order valence-corrected chi connectivity index (χ3v) is 0. The zero-order valence-corrected chi connectivity index (χ0v) is 4.27. The average molecular weight is 89.9 g/mol. The van der Waals surface area contributed by atoms with Gasteiger partial charge in [0.25, 0.3) is 0 Å². The van der Waals surface area contributed by atoms with Gasteiger partial charge in [0.05, 0.1) is 0 Å². The number of hydrogen-bond acceptors (Lipinski definition) is 0. The molecule has 4 heavy (non-hydrogen) atoms. The second kappa shape index (κ2) is 1.98. The van der Waals surface area contributed by atoms with E-state index in [0.29, 0.717) is 0 Å². The predicted octanol–water partition coefficient (Wildman–Crippen LogP) is 1.03. The normalized spacial score (nSPS) is 5.75. The van der Waals surface area contributed by atoms with Crippen LogP contribution in [0.5, 0.6) is 0 Å². The maximum absolute atomic E-state index is 3.88. The first-order chi connectivity index (χ1) is 1.73. The summed E-state index contributed by atoms with van der Waals surface area (Å²) in [4.78, 5) is 0. The molecule has 0 saturated heterocycles. The van der Waals surface area contributed by atoms with Crippen molar-refractivity contribution >= 4 is 23.8 Å². The van der Waals surface area contributed by atoms with Gasteiger partial charge < -0.3 is 0 Å². The molecule has 22 valence electrons. The molecular formula is CH4BPS. The number of rotatable bonds is 0. The van der Waals surface area contributed by atoms with Crippen LogP contribution in [0.2, 0.25) is 0 Å². The van der Waals surface area contributed by atoms with Crippen molar-refractivity contribution in [2.75, 3.05) is 6.26 Å². The molecule has 0 spiro atoms. The molecule has 0 aliphatic carbocycles. The van der Waals surface area contributed by atoms with Gasteiger partial charge >= 0.3 is 30.1 Å². The SMILES string of the molecule is B=S(C)#P. The van der Waals surface area contributed by atoms with Gasteiger partial charge in [-0.1, -0.05) is 0 Å². The van der Waals surface area contributed by atoms with Gasteiger partial charge in [-0.15, -0.1) is 0 Å². The first-order valence-corrected chi connectivity index (χ1v) is 3.73. The Morgan fingerprint density at radius 3 is 2.00 bits per heavy atom. The van der Waals surface area contributed by atoms with Crippen LogP contribution in [0.4, 0.5) is 0 Å². The quantitative estimate of drug-likeness (QED) is 0.307. The fourth-order valence-electron chi connectivity index (χ4n) is 0. The predicted molar refractivity (Wildman–Crippen MR) is 27.6 cm³/mol. The Hall–Kier alpha value is 0.715.